The first kappa shape index (κ1) is 28.8. The first-order valence-corrected chi connectivity index (χ1v) is 18.6. The van der Waals surface area contributed by atoms with E-state index in [0.717, 1.165) is 0 Å². The van der Waals surface area contributed by atoms with Gasteiger partial charge in [0.2, 0.25) is 0 Å². The highest BCUT2D eigenvalue weighted by Crippen LogP contribution is 2.59. The predicted molar refractivity (Wildman–Crippen MR) is 222 cm³/mol. The molecule has 0 spiro atoms. The van der Waals surface area contributed by atoms with Gasteiger partial charge in [0.25, 0.3) is 0 Å². The summed E-state index contributed by atoms with van der Waals surface area (Å²) < 4.78 is 2.69. The van der Waals surface area contributed by atoms with Crippen LogP contribution in [0.4, 0.5) is 0 Å². The maximum atomic E-state index is 2.43. The summed E-state index contributed by atoms with van der Waals surface area (Å²) in [4.78, 5) is 0. The molecule has 0 radical (unpaired) electrons. The summed E-state index contributed by atoms with van der Waals surface area (Å²) >= 11 is 1.92. The molecular formula is C50H32S. The number of hydrogen-bond donors (Lipinski definition) is 0. The van der Waals surface area contributed by atoms with Crippen LogP contribution < -0.4 is 0 Å². The van der Waals surface area contributed by atoms with E-state index in [-0.39, 0.29) is 0 Å². The van der Waals surface area contributed by atoms with Crippen molar-refractivity contribution in [3.8, 4) is 55.6 Å². The lowest BCUT2D eigenvalue weighted by Gasteiger charge is -2.20. The molecule has 1 heteroatoms. The fourth-order valence-electron chi connectivity index (χ4n) is 8.85. The Bertz CT molecular complexity index is 2970. The molecule has 1 heterocycles. The highest BCUT2D eigenvalue weighted by atomic mass is 32.1. The maximum Gasteiger partial charge on any atom is 0.0440 e. The Labute approximate surface area is 300 Å². The van der Waals surface area contributed by atoms with E-state index < -0.39 is 0 Å². The Kier molecular flexibility index (Phi) is 6.06. The van der Waals surface area contributed by atoms with Crippen LogP contribution in [0.25, 0.3) is 108 Å². The molecule has 238 valence electrons. The van der Waals surface area contributed by atoms with Crippen molar-refractivity contribution in [3.63, 3.8) is 0 Å². The topological polar surface area (TPSA) is 0 Å². The Hall–Kier alpha value is -6.02. The maximum absolute atomic E-state index is 2.43. The lowest BCUT2D eigenvalue weighted by Crippen LogP contribution is -1.93. The minimum atomic E-state index is 1.26. The van der Waals surface area contributed by atoms with E-state index in [9.17, 15) is 0 Å². The van der Waals surface area contributed by atoms with Gasteiger partial charge in [0.05, 0.1) is 0 Å². The van der Waals surface area contributed by atoms with Crippen molar-refractivity contribution >= 4 is 63.8 Å². The van der Waals surface area contributed by atoms with Gasteiger partial charge < -0.3 is 0 Å². The standard InChI is InChI=1S/C50H32S/c1-29-18-22-31(23-19-29)44-37-12-5-6-13-38(37)45(32-24-20-30(2)21-25-32)49-41-27-26-35(36-15-9-16-40(46(36)41)48(44)49)42-28-33-10-3-4-11-34(33)47-39-14-7-8-17-43(39)51-50(42)47/h3-28H,1-2H3. The van der Waals surface area contributed by atoms with Gasteiger partial charge in [-0.15, -0.1) is 11.3 Å². The van der Waals surface area contributed by atoms with E-state index in [0.29, 0.717) is 0 Å². The van der Waals surface area contributed by atoms with Gasteiger partial charge in [-0.3, -0.25) is 0 Å². The van der Waals surface area contributed by atoms with E-state index in [1.165, 1.54) is 119 Å². The van der Waals surface area contributed by atoms with E-state index >= 15 is 0 Å². The lowest BCUT2D eigenvalue weighted by molar-refractivity contribution is 1.47. The molecule has 10 aromatic rings. The number of rotatable bonds is 3. The Balaban J connectivity index is 1.29. The molecular weight excluding hydrogens is 633 g/mol. The zero-order valence-corrected chi connectivity index (χ0v) is 29.2. The van der Waals surface area contributed by atoms with Crippen LogP contribution in [0.1, 0.15) is 11.1 Å². The van der Waals surface area contributed by atoms with Crippen LogP contribution in [0.2, 0.25) is 0 Å². The molecule has 0 nitrogen and oxygen atoms in total. The summed E-state index contributed by atoms with van der Waals surface area (Å²) in [6, 6.07) is 59.3. The summed E-state index contributed by atoms with van der Waals surface area (Å²) in [6.45, 7) is 4.34. The number of aryl methyl sites for hydroxylation is 2. The Morgan fingerprint density at radius 2 is 0.882 bits per heavy atom. The number of thiophene rings is 1. The molecule has 0 atom stereocenters. The largest absolute Gasteiger partial charge is 0.135 e. The second-order valence-electron chi connectivity index (χ2n) is 14.1. The number of fused-ring (bicyclic) bond motifs is 9. The van der Waals surface area contributed by atoms with Crippen molar-refractivity contribution in [1.29, 1.82) is 0 Å². The van der Waals surface area contributed by atoms with Crippen LogP contribution >= 0.6 is 11.3 Å². The molecule has 0 bridgehead atoms. The minimum absolute atomic E-state index is 1.26. The van der Waals surface area contributed by atoms with E-state index in [4.69, 9.17) is 0 Å². The quantitative estimate of drug-likeness (QED) is 0.176. The monoisotopic (exact) mass is 664 g/mol. The SMILES string of the molecule is Cc1ccc(-c2c3c(c(-c4ccc(C)cc4)c4ccccc24)-c2ccc(-c4cc5ccccc5c5c4sc4ccccc45)c4cccc-3c24)cc1. The first-order chi connectivity index (χ1) is 25.1. The first-order valence-electron chi connectivity index (χ1n) is 17.8. The molecule has 0 N–H and O–H groups in total. The minimum Gasteiger partial charge on any atom is -0.135 e. The third-order valence-electron chi connectivity index (χ3n) is 11.1. The van der Waals surface area contributed by atoms with Gasteiger partial charge in [0.15, 0.2) is 0 Å². The highest BCUT2D eigenvalue weighted by Gasteiger charge is 2.31. The fraction of sp³-hybridized carbons (Fsp3) is 0.0400. The summed E-state index contributed by atoms with van der Waals surface area (Å²) in [5.41, 5.74) is 15.6. The molecule has 9 aromatic carbocycles. The third kappa shape index (κ3) is 4.07. The van der Waals surface area contributed by atoms with Crippen LogP contribution in [0.3, 0.4) is 0 Å². The van der Waals surface area contributed by atoms with Gasteiger partial charge >= 0.3 is 0 Å². The molecule has 0 saturated heterocycles. The molecule has 1 aliphatic carbocycles. The molecule has 1 aromatic heterocycles. The van der Waals surface area contributed by atoms with Crippen molar-refractivity contribution in [2.75, 3.05) is 0 Å². The molecule has 51 heavy (non-hydrogen) atoms. The van der Waals surface area contributed by atoms with E-state index in [1.54, 1.807) is 0 Å². The Morgan fingerprint density at radius 1 is 0.353 bits per heavy atom. The number of hydrogen-bond acceptors (Lipinski definition) is 1. The van der Waals surface area contributed by atoms with Crippen molar-refractivity contribution in [1.82, 2.24) is 0 Å². The van der Waals surface area contributed by atoms with Crippen LogP contribution in [-0.2, 0) is 0 Å². The van der Waals surface area contributed by atoms with Crippen molar-refractivity contribution in [2.45, 2.75) is 13.8 Å². The second kappa shape index (κ2) is 10.7. The molecule has 0 unspecified atom stereocenters. The van der Waals surface area contributed by atoms with Gasteiger partial charge in [-0.05, 0) is 108 Å². The van der Waals surface area contributed by atoms with Gasteiger partial charge in [0, 0.05) is 25.7 Å². The molecule has 0 amide bonds. The van der Waals surface area contributed by atoms with Gasteiger partial charge in [-0.2, -0.15) is 0 Å². The van der Waals surface area contributed by atoms with Crippen LogP contribution in [0, 0.1) is 13.8 Å². The molecule has 0 aliphatic heterocycles. The predicted octanol–water partition coefficient (Wildman–Crippen LogP) is 14.8. The lowest BCUT2D eigenvalue weighted by atomic mass is 9.82. The molecule has 0 saturated carbocycles. The number of benzene rings is 9. The van der Waals surface area contributed by atoms with Crippen LogP contribution in [0.15, 0.2) is 158 Å². The van der Waals surface area contributed by atoms with E-state index in [1.807, 2.05) is 11.3 Å². The summed E-state index contributed by atoms with van der Waals surface area (Å²) in [7, 11) is 0. The third-order valence-corrected chi connectivity index (χ3v) is 12.3. The Morgan fingerprint density at radius 3 is 1.55 bits per heavy atom. The van der Waals surface area contributed by atoms with Gasteiger partial charge in [-0.1, -0.05) is 157 Å². The average molecular weight is 665 g/mol. The van der Waals surface area contributed by atoms with E-state index in [2.05, 4.69) is 172 Å². The van der Waals surface area contributed by atoms with Crippen LogP contribution in [-0.4, -0.2) is 0 Å². The average Bonchev–Trinajstić information content (AvgIpc) is 3.72. The fourth-order valence-corrected chi connectivity index (χ4v) is 10.1. The van der Waals surface area contributed by atoms with Gasteiger partial charge in [-0.25, -0.2) is 0 Å². The van der Waals surface area contributed by atoms with Crippen molar-refractivity contribution in [2.24, 2.45) is 0 Å². The molecule has 1 aliphatic rings. The summed E-state index contributed by atoms with van der Waals surface area (Å²) in [6.07, 6.45) is 0. The van der Waals surface area contributed by atoms with Crippen LogP contribution in [0.5, 0.6) is 0 Å². The highest BCUT2D eigenvalue weighted by molar-refractivity contribution is 7.26. The van der Waals surface area contributed by atoms with Gasteiger partial charge in [0.1, 0.15) is 0 Å². The zero-order chi connectivity index (χ0) is 33.8. The molecule has 11 rings (SSSR count). The summed E-state index contributed by atoms with van der Waals surface area (Å²) in [5.74, 6) is 0. The smallest absolute Gasteiger partial charge is 0.0440 e. The zero-order valence-electron chi connectivity index (χ0n) is 28.4. The van der Waals surface area contributed by atoms with Crippen molar-refractivity contribution in [3.05, 3.63) is 169 Å². The normalized spacial score (nSPS) is 12.1. The van der Waals surface area contributed by atoms with Crippen molar-refractivity contribution < 1.29 is 0 Å². The second-order valence-corrected chi connectivity index (χ2v) is 15.2. The summed E-state index contributed by atoms with van der Waals surface area (Å²) in [5, 5.41) is 10.6. The molecule has 0 fully saturated rings.